The molecule has 0 aromatic heterocycles. The molecule has 2 aliphatic rings. The van der Waals surface area contributed by atoms with Crippen LogP contribution in [-0.4, -0.2) is 30.1 Å². The number of benzene rings is 1. The molecule has 0 radical (unpaired) electrons. The number of hydrogen-bond donors (Lipinski definition) is 0. The van der Waals surface area contributed by atoms with Gasteiger partial charge in [-0.1, -0.05) is 30.7 Å². The molecule has 108 valence electrons. The second-order valence-electron chi connectivity index (χ2n) is 5.97. The Morgan fingerprint density at radius 1 is 1.45 bits per heavy atom. The second kappa shape index (κ2) is 5.38. The van der Waals surface area contributed by atoms with Crippen molar-refractivity contribution in [2.45, 2.75) is 38.8 Å². The number of carbonyl (C=O) groups is 1. The molecule has 1 heterocycles. The molecule has 1 aliphatic heterocycles. The Morgan fingerprint density at radius 2 is 2.25 bits per heavy atom. The number of carbonyl (C=O) groups excluding carboxylic acids is 1. The number of likely N-dealkylation sites (N-methyl/N-ethyl adjacent to an activating group) is 1. The fourth-order valence-corrected chi connectivity index (χ4v) is 3.20. The molecular weight excluding hydrogens is 274 g/mol. The molecule has 20 heavy (non-hydrogen) atoms. The van der Waals surface area contributed by atoms with Crippen LogP contribution in [0.3, 0.4) is 0 Å². The maximum absolute atomic E-state index is 11.8. The summed E-state index contributed by atoms with van der Waals surface area (Å²) >= 11 is 6.02. The van der Waals surface area contributed by atoms with E-state index in [4.69, 9.17) is 16.3 Å². The van der Waals surface area contributed by atoms with Gasteiger partial charge in [0.1, 0.15) is 6.10 Å². The molecule has 1 aromatic rings. The molecule has 1 spiro atoms. The third kappa shape index (κ3) is 2.84. The van der Waals surface area contributed by atoms with E-state index in [1.54, 1.807) is 0 Å². The lowest BCUT2D eigenvalue weighted by Crippen LogP contribution is -2.32. The lowest BCUT2D eigenvalue weighted by molar-refractivity contribution is -0.145. The van der Waals surface area contributed by atoms with Gasteiger partial charge in [-0.25, -0.2) is 0 Å². The van der Waals surface area contributed by atoms with Gasteiger partial charge >= 0.3 is 5.97 Å². The highest BCUT2D eigenvalue weighted by Gasteiger charge is 2.57. The van der Waals surface area contributed by atoms with Crippen LogP contribution in [0.1, 0.15) is 31.7 Å². The Balaban J connectivity index is 1.59. The normalized spacial score (nSPS) is 23.4. The molecule has 4 heteroatoms. The van der Waals surface area contributed by atoms with E-state index in [1.807, 2.05) is 18.2 Å². The van der Waals surface area contributed by atoms with Crippen LogP contribution in [0, 0.1) is 5.41 Å². The summed E-state index contributed by atoms with van der Waals surface area (Å²) < 4.78 is 5.53. The van der Waals surface area contributed by atoms with E-state index in [2.05, 4.69) is 17.9 Å². The molecule has 1 unspecified atom stereocenters. The van der Waals surface area contributed by atoms with Crippen molar-refractivity contribution in [3.05, 3.63) is 34.9 Å². The first-order valence-corrected chi connectivity index (χ1v) is 7.67. The number of esters is 1. The highest BCUT2D eigenvalue weighted by Crippen LogP contribution is 2.54. The SMILES string of the molecule is CCN(Cc1cccc(Cl)c1)CC1CC2(CC2)C(=O)O1. The fraction of sp³-hybridized carbons (Fsp3) is 0.562. The van der Waals surface area contributed by atoms with Gasteiger partial charge in [-0.05, 0) is 37.1 Å². The summed E-state index contributed by atoms with van der Waals surface area (Å²) in [4.78, 5) is 14.1. The number of hydrogen-bond acceptors (Lipinski definition) is 3. The Kier molecular flexibility index (Phi) is 3.74. The van der Waals surface area contributed by atoms with Crippen LogP contribution in [0.25, 0.3) is 0 Å². The van der Waals surface area contributed by atoms with Gasteiger partial charge in [0, 0.05) is 24.5 Å². The van der Waals surface area contributed by atoms with E-state index in [1.165, 1.54) is 5.56 Å². The highest BCUT2D eigenvalue weighted by molar-refractivity contribution is 6.30. The van der Waals surface area contributed by atoms with E-state index in [0.29, 0.717) is 0 Å². The smallest absolute Gasteiger partial charge is 0.312 e. The summed E-state index contributed by atoms with van der Waals surface area (Å²) in [6.45, 7) is 4.73. The van der Waals surface area contributed by atoms with E-state index in [-0.39, 0.29) is 17.5 Å². The molecule has 1 aromatic carbocycles. The van der Waals surface area contributed by atoms with Crippen molar-refractivity contribution in [1.29, 1.82) is 0 Å². The zero-order valence-electron chi connectivity index (χ0n) is 11.8. The number of halogens is 1. The van der Waals surface area contributed by atoms with E-state index >= 15 is 0 Å². The van der Waals surface area contributed by atoms with Crippen molar-refractivity contribution >= 4 is 17.6 Å². The molecule has 1 atom stereocenters. The highest BCUT2D eigenvalue weighted by atomic mass is 35.5. The molecule has 0 N–H and O–H groups in total. The predicted molar refractivity (Wildman–Crippen MR) is 78.6 cm³/mol. The lowest BCUT2D eigenvalue weighted by Gasteiger charge is -2.23. The number of cyclic esters (lactones) is 1. The Labute approximate surface area is 124 Å². The average Bonchev–Trinajstić information content (AvgIpc) is 3.11. The van der Waals surface area contributed by atoms with Gasteiger partial charge in [-0.3, -0.25) is 9.69 Å². The van der Waals surface area contributed by atoms with Crippen LogP contribution in [0.15, 0.2) is 24.3 Å². The van der Waals surface area contributed by atoms with Crippen molar-refractivity contribution in [1.82, 2.24) is 4.90 Å². The van der Waals surface area contributed by atoms with Crippen LogP contribution >= 0.6 is 11.6 Å². The van der Waals surface area contributed by atoms with Crippen LogP contribution in [-0.2, 0) is 16.1 Å². The minimum Gasteiger partial charge on any atom is -0.461 e. The first kappa shape index (κ1) is 13.9. The maximum Gasteiger partial charge on any atom is 0.312 e. The Hall–Kier alpha value is -1.06. The molecule has 1 saturated carbocycles. The van der Waals surface area contributed by atoms with E-state index < -0.39 is 0 Å². The minimum atomic E-state index is -0.0971. The van der Waals surface area contributed by atoms with Gasteiger partial charge in [-0.15, -0.1) is 0 Å². The van der Waals surface area contributed by atoms with Crippen molar-refractivity contribution in [2.24, 2.45) is 5.41 Å². The average molecular weight is 294 g/mol. The number of rotatable bonds is 5. The fourth-order valence-electron chi connectivity index (χ4n) is 2.99. The quantitative estimate of drug-likeness (QED) is 0.781. The summed E-state index contributed by atoms with van der Waals surface area (Å²) in [5.41, 5.74) is 1.10. The summed E-state index contributed by atoms with van der Waals surface area (Å²) in [5.74, 6) is 0.0290. The van der Waals surface area contributed by atoms with Gasteiger partial charge in [0.2, 0.25) is 0 Å². The molecular formula is C16H20ClNO2. The van der Waals surface area contributed by atoms with Crippen LogP contribution in [0.5, 0.6) is 0 Å². The molecule has 2 fully saturated rings. The van der Waals surface area contributed by atoms with Crippen molar-refractivity contribution in [2.75, 3.05) is 13.1 Å². The van der Waals surface area contributed by atoms with E-state index in [0.717, 1.165) is 43.9 Å². The minimum absolute atomic E-state index is 0.0290. The molecule has 3 nitrogen and oxygen atoms in total. The summed E-state index contributed by atoms with van der Waals surface area (Å²) in [7, 11) is 0. The van der Waals surface area contributed by atoms with Gasteiger partial charge in [0.05, 0.1) is 5.41 Å². The summed E-state index contributed by atoms with van der Waals surface area (Å²) in [6, 6.07) is 7.93. The third-order valence-electron chi connectivity index (χ3n) is 4.38. The summed E-state index contributed by atoms with van der Waals surface area (Å²) in [6.07, 6.45) is 2.99. The van der Waals surface area contributed by atoms with Crippen LogP contribution in [0.4, 0.5) is 0 Å². The number of ether oxygens (including phenoxy) is 1. The topological polar surface area (TPSA) is 29.5 Å². The van der Waals surface area contributed by atoms with Crippen LogP contribution in [0.2, 0.25) is 5.02 Å². The molecule has 3 rings (SSSR count). The number of nitrogens with zero attached hydrogens (tertiary/aromatic N) is 1. The van der Waals surface area contributed by atoms with Crippen LogP contribution < -0.4 is 0 Å². The van der Waals surface area contributed by atoms with Gasteiger partial charge in [-0.2, -0.15) is 0 Å². The first-order chi connectivity index (χ1) is 9.61. The van der Waals surface area contributed by atoms with Crippen molar-refractivity contribution < 1.29 is 9.53 Å². The van der Waals surface area contributed by atoms with Gasteiger partial charge in [0.25, 0.3) is 0 Å². The zero-order chi connectivity index (χ0) is 14.2. The second-order valence-corrected chi connectivity index (χ2v) is 6.41. The Bertz CT molecular complexity index is 513. The molecule has 0 bridgehead atoms. The lowest BCUT2D eigenvalue weighted by atomic mass is 10.0. The molecule has 1 aliphatic carbocycles. The molecule has 1 saturated heterocycles. The standard InChI is InChI=1S/C16H20ClNO2/c1-2-18(10-12-4-3-5-13(17)8-12)11-14-9-16(6-7-16)15(19)20-14/h3-5,8,14H,2,6-7,9-11H2,1H3. The monoisotopic (exact) mass is 293 g/mol. The first-order valence-electron chi connectivity index (χ1n) is 7.29. The van der Waals surface area contributed by atoms with Crippen molar-refractivity contribution in [3.63, 3.8) is 0 Å². The Morgan fingerprint density at radius 3 is 2.85 bits per heavy atom. The summed E-state index contributed by atoms with van der Waals surface area (Å²) in [5, 5.41) is 0.766. The van der Waals surface area contributed by atoms with Gasteiger partial charge in [0.15, 0.2) is 0 Å². The van der Waals surface area contributed by atoms with E-state index in [9.17, 15) is 4.79 Å². The maximum atomic E-state index is 11.8. The van der Waals surface area contributed by atoms with Crippen molar-refractivity contribution in [3.8, 4) is 0 Å². The predicted octanol–water partition coefficient (Wildman–Crippen LogP) is 3.26. The third-order valence-corrected chi connectivity index (χ3v) is 4.62. The zero-order valence-corrected chi connectivity index (χ0v) is 12.5. The largest absolute Gasteiger partial charge is 0.461 e. The molecule has 0 amide bonds. The van der Waals surface area contributed by atoms with Gasteiger partial charge < -0.3 is 4.74 Å².